The lowest BCUT2D eigenvalue weighted by Gasteiger charge is -2.32. The van der Waals surface area contributed by atoms with E-state index in [4.69, 9.17) is 4.52 Å². The molecule has 0 aliphatic carbocycles. The summed E-state index contributed by atoms with van der Waals surface area (Å²) in [6, 6.07) is 16.3. The maximum atomic E-state index is 13.5. The zero-order chi connectivity index (χ0) is 20.9. The van der Waals surface area contributed by atoms with Gasteiger partial charge >= 0.3 is 0 Å². The Morgan fingerprint density at radius 3 is 2.90 bits per heavy atom. The molecule has 5 nitrogen and oxygen atoms in total. The van der Waals surface area contributed by atoms with Crippen molar-refractivity contribution < 1.29 is 13.7 Å². The first-order valence-electron chi connectivity index (χ1n) is 10.1. The van der Waals surface area contributed by atoms with Gasteiger partial charge in [-0.3, -0.25) is 4.79 Å². The van der Waals surface area contributed by atoms with Crippen molar-refractivity contribution in [2.45, 2.75) is 36.7 Å². The van der Waals surface area contributed by atoms with Crippen molar-refractivity contribution in [1.82, 2.24) is 15.0 Å². The summed E-state index contributed by atoms with van der Waals surface area (Å²) in [6.45, 7) is 3.28. The molecule has 2 unspecified atom stereocenters. The molecule has 0 spiro atoms. The highest BCUT2D eigenvalue weighted by atomic mass is 32.2. The van der Waals surface area contributed by atoms with E-state index in [2.05, 4.69) is 22.3 Å². The highest BCUT2D eigenvalue weighted by Gasteiger charge is 2.30. The molecule has 2 atom stereocenters. The summed E-state index contributed by atoms with van der Waals surface area (Å²) in [5.41, 5.74) is 1.80. The van der Waals surface area contributed by atoms with Gasteiger partial charge in [-0.05, 0) is 37.5 Å². The molecule has 3 aromatic rings. The van der Waals surface area contributed by atoms with Crippen LogP contribution in [0.4, 0.5) is 4.39 Å². The van der Waals surface area contributed by atoms with Gasteiger partial charge < -0.3 is 9.42 Å². The number of hydrogen-bond acceptors (Lipinski definition) is 5. The Hall–Kier alpha value is -2.67. The van der Waals surface area contributed by atoms with E-state index in [1.807, 2.05) is 30.0 Å². The number of hydrogen-bond donors (Lipinski definition) is 0. The maximum Gasteiger partial charge on any atom is 0.235 e. The lowest BCUT2D eigenvalue weighted by Crippen LogP contribution is -2.42. The lowest BCUT2D eigenvalue weighted by molar-refractivity contribution is -0.131. The van der Waals surface area contributed by atoms with Crippen molar-refractivity contribution in [2.24, 2.45) is 0 Å². The zero-order valence-electron chi connectivity index (χ0n) is 16.8. The van der Waals surface area contributed by atoms with Crippen LogP contribution < -0.4 is 0 Å². The summed E-state index contributed by atoms with van der Waals surface area (Å²) < 4.78 is 18.9. The first-order valence-corrected chi connectivity index (χ1v) is 11.2. The third kappa shape index (κ3) is 4.90. The fourth-order valence-corrected chi connectivity index (χ4v) is 4.58. The molecule has 0 N–H and O–H groups in total. The normalized spacial score (nSPS) is 17.7. The SMILES string of the molecule is CC(SCc1ccccc1)C(=O)N1CCCC(c2nc(-c3cccc(F)c3)no2)C1. The minimum atomic E-state index is -0.338. The van der Waals surface area contributed by atoms with Crippen LogP contribution >= 0.6 is 11.8 Å². The Morgan fingerprint density at radius 1 is 1.27 bits per heavy atom. The van der Waals surface area contributed by atoms with E-state index in [1.54, 1.807) is 23.9 Å². The first-order chi connectivity index (χ1) is 14.6. The Morgan fingerprint density at radius 2 is 2.10 bits per heavy atom. The molecule has 2 heterocycles. The largest absolute Gasteiger partial charge is 0.341 e. The molecular weight excluding hydrogens is 401 g/mol. The van der Waals surface area contributed by atoms with Gasteiger partial charge in [-0.2, -0.15) is 4.98 Å². The van der Waals surface area contributed by atoms with E-state index in [0.29, 0.717) is 23.8 Å². The van der Waals surface area contributed by atoms with Gasteiger partial charge in [0.05, 0.1) is 11.2 Å². The molecule has 1 amide bonds. The van der Waals surface area contributed by atoms with Crippen LogP contribution in [0.1, 0.15) is 37.1 Å². The predicted octanol–water partition coefficient (Wildman–Crippen LogP) is 4.90. The van der Waals surface area contributed by atoms with Crippen molar-refractivity contribution in [3.8, 4) is 11.4 Å². The average molecular weight is 426 g/mol. The fourth-order valence-electron chi connectivity index (χ4n) is 3.65. The predicted molar refractivity (Wildman–Crippen MR) is 115 cm³/mol. The maximum absolute atomic E-state index is 13.5. The second-order valence-electron chi connectivity index (χ2n) is 7.53. The number of likely N-dealkylation sites (tertiary alicyclic amines) is 1. The van der Waals surface area contributed by atoms with Crippen molar-refractivity contribution in [1.29, 1.82) is 0 Å². The van der Waals surface area contributed by atoms with Crippen LogP contribution in [0.25, 0.3) is 11.4 Å². The highest BCUT2D eigenvalue weighted by molar-refractivity contribution is 7.99. The molecule has 1 aliphatic heterocycles. The van der Waals surface area contributed by atoms with Gasteiger partial charge in [0.25, 0.3) is 0 Å². The average Bonchev–Trinajstić information content (AvgIpc) is 3.28. The smallest absolute Gasteiger partial charge is 0.235 e. The number of carbonyl (C=O) groups is 1. The zero-order valence-corrected chi connectivity index (χ0v) is 17.6. The van der Waals surface area contributed by atoms with Crippen LogP contribution in [-0.2, 0) is 10.5 Å². The van der Waals surface area contributed by atoms with Gasteiger partial charge in [0.2, 0.25) is 17.6 Å². The van der Waals surface area contributed by atoms with Crippen LogP contribution in [0.5, 0.6) is 0 Å². The second-order valence-corrected chi connectivity index (χ2v) is 8.86. The van der Waals surface area contributed by atoms with E-state index in [9.17, 15) is 9.18 Å². The Kier molecular flexibility index (Phi) is 6.47. The molecule has 156 valence electrons. The molecular formula is C23H24FN3O2S. The van der Waals surface area contributed by atoms with Crippen LogP contribution in [-0.4, -0.2) is 39.3 Å². The topological polar surface area (TPSA) is 59.2 Å². The van der Waals surface area contributed by atoms with Gasteiger partial charge in [-0.1, -0.05) is 47.6 Å². The molecule has 0 bridgehead atoms. The van der Waals surface area contributed by atoms with Crippen molar-refractivity contribution in [3.63, 3.8) is 0 Å². The molecule has 1 fully saturated rings. The van der Waals surface area contributed by atoms with Gasteiger partial charge in [0.1, 0.15) is 5.82 Å². The fraction of sp³-hybridized carbons (Fsp3) is 0.348. The minimum Gasteiger partial charge on any atom is -0.341 e. The highest BCUT2D eigenvalue weighted by Crippen LogP contribution is 2.29. The Balaban J connectivity index is 1.37. The summed E-state index contributed by atoms with van der Waals surface area (Å²) >= 11 is 1.65. The third-order valence-electron chi connectivity index (χ3n) is 5.30. The number of halogens is 1. The molecule has 0 saturated carbocycles. The lowest BCUT2D eigenvalue weighted by atomic mass is 9.97. The summed E-state index contributed by atoms with van der Waals surface area (Å²) in [7, 11) is 0. The number of amides is 1. The number of rotatable bonds is 6. The van der Waals surface area contributed by atoms with E-state index in [-0.39, 0.29) is 22.9 Å². The molecule has 7 heteroatoms. The summed E-state index contributed by atoms with van der Waals surface area (Å²) in [5.74, 6) is 1.51. The molecule has 1 aliphatic rings. The number of nitrogens with zero attached hydrogens (tertiary/aromatic N) is 3. The number of piperidine rings is 1. The summed E-state index contributed by atoms with van der Waals surface area (Å²) in [5, 5.41) is 3.89. The molecule has 4 rings (SSSR count). The summed E-state index contributed by atoms with van der Waals surface area (Å²) in [4.78, 5) is 19.3. The first kappa shape index (κ1) is 20.6. The number of carbonyl (C=O) groups excluding carboxylic acids is 1. The van der Waals surface area contributed by atoms with Crippen LogP contribution in [0.3, 0.4) is 0 Å². The Bertz CT molecular complexity index is 995. The van der Waals surface area contributed by atoms with Crippen LogP contribution in [0.15, 0.2) is 59.1 Å². The standard InChI is InChI=1S/C23H24FN3O2S/c1-16(30-15-17-7-3-2-4-8-17)23(28)27-12-6-10-19(14-27)22-25-21(26-29-22)18-9-5-11-20(24)13-18/h2-5,7-9,11,13,16,19H,6,10,12,14-15H2,1H3. The van der Waals surface area contributed by atoms with Gasteiger partial charge in [0, 0.05) is 24.4 Å². The number of thioether (sulfide) groups is 1. The Labute approximate surface area is 179 Å². The van der Waals surface area contributed by atoms with Crippen molar-refractivity contribution in [2.75, 3.05) is 13.1 Å². The monoisotopic (exact) mass is 425 g/mol. The van der Waals surface area contributed by atoms with E-state index in [0.717, 1.165) is 25.1 Å². The number of aromatic nitrogens is 2. The molecule has 0 radical (unpaired) electrons. The second kappa shape index (κ2) is 9.43. The van der Waals surface area contributed by atoms with Gasteiger partial charge in [-0.15, -0.1) is 11.8 Å². The quantitative estimate of drug-likeness (QED) is 0.562. The summed E-state index contributed by atoms with van der Waals surface area (Å²) in [6.07, 6.45) is 1.78. The van der Waals surface area contributed by atoms with Gasteiger partial charge in [0.15, 0.2) is 0 Å². The molecule has 1 aromatic heterocycles. The van der Waals surface area contributed by atoms with E-state index >= 15 is 0 Å². The van der Waals surface area contributed by atoms with Crippen LogP contribution in [0.2, 0.25) is 0 Å². The molecule has 1 saturated heterocycles. The minimum absolute atomic E-state index is 0.00355. The van der Waals surface area contributed by atoms with Crippen molar-refractivity contribution in [3.05, 3.63) is 71.9 Å². The van der Waals surface area contributed by atoms with Crippen LogP contribution in [0, 0.1) is 5.82 Å². The van der Waals surface area contributed by atoms with Crippen molar-refractivity contribution >= 4 is 17.7 Å². The van der Waals surface area contributed by atoms with E-state index in [1.165, 1.54) is 17.7 Å². The molecule has 2 aromatic carbocycles. The number of benzene rings is 2. The third-order valence-corrected chi connectivity index (χ3v) is 6.50. The van der Waals surface area contributed by atoms with Gasteiger partial charge in [-0.25, -0.2) is 4.39 Å². The molecule has 30 heavy (non-hydrogen) atoms. The van der Waals surface area contributed by atoms with E-state index < -0.39 is 0 Å².